The second kappa shape index (κ2) is 5.96. The number of methoxy groups -OCH3 is 1. The number of hydrogen-bond acceptors (Lipinski definition) is 4. The van der Waals surface area contributed by atoms with Gasteiger partial charge in [0.15, 0.2) is 0 Å². The van der Waals surface area contributed by atoms with Gasteiger partial charge >= 0.3 is 5.97 Å². The van der Waals surface area contributed by atoms with Crippen LogP contribution >= 0.6 is 11.8 Å². The van der Waals surface area contributed by atoms with Crippen LogP contribution in [-0.4, -0.2) is 24.4 Å². The number of ether oxygens (including phenoxy) is 2. The molecule has 0 N–H and O–H groups in total. The Kier molecular flexibility index (Phi) is 4.87. The molecule has 0 bridgehead atoms. The molecule has 4 heteroatoms. The number of carbonyl (C=O) groups is 1. The van der Waals surface area contributed by atoms with E-state index in [-0.39, 0.29) is 5.97 Å². The molecule has 0 amide bonds. The predicted octanol–water partition coefficient (Wildman–Crippen LogP) is 3.13. The normalized spacial score (nSPS) is 11.1. The van der Waals surface area contributed by atoms with Gasteiger partial charge in [0.1, 0.15) is 10.5 Å². The Morgan fingerprint density at radius 3 is 2.35 bits per heavy atom. The maximum Gasteiger partial charge on any atom is 0.321 e. The quantitative estimate of drug-likeness (QED) is 0.597. The monoisotopic (exact) mass is 254 g/mol. The third-order valence-corrected chi connectivity index (χ3v) is 3.37. The van der Waals surface area contributed by atoms with Crippen molar-refractivity contribution in [1.82, 2.24) is 0 Å². The molecule has 1 aromatic carbocycles. The van der Waals surface area contributed by atoms with E-state index in [2.05, 4.69) is 0 Å². The van der Waals surface area contributed by atoms with Crippen molar-refractivity contribution in [2.75, 3.05) is 13.7 Å². The molecule has 0 unspecified atom stereocenters. The average Bonchev–Trinajstić information content (AvgIpc) is 2.30. The fourth-order valence-corrected chi connectivity index (χ4v) is 2.38. The van der Waals surface area contributed by atoms with Crippen LogP contribution in [0.1, 0.15) is 20.8 Å². The molecule has 0 saturated carbocycles. The van der Waals surface area contributed by atoms with Crippen LogP contribution in [0.3, 0.4) is 0 Å². The molecular formula is C13H18O3S. The van der Waals surface area contributed by atoms with Gasteiger partial charge in [-0.25, -0.2) is 0 Å². The third kappa shape index (κ3) is 3.97. The van der Waals surface area contributed by atoms with Gasteiger partial charge in [-0.1, -0.05) is 0 Å². The zero-order chi connectivity index (χ0) is 12.9. The van der Waals surface area contributed by atoms with E-state index >= 15 is 0 Å². The lowest BCUT2D eigenvalue weighted by Crippen LogP contribution is -2.28. The Morgan fingerprint density at radius 1 is 1.29 bits per heavy atom. The summed E-state index contributed by atoms with van der Waals surface area (Å²) in [5.74, 6) is 0.615. The molecule has 0 aliphatic rings. The number of esters is 1. The fourth-order valence-electron chi connectivity index (χ4n) is 1.35. The van der Waals surface area contributed by atoms with E-state index in [0.29, 0.717) is 6.61 Å². The maximum atomic E-state index is 11.5. The van der Waals surface area contributed by atoms with Crippen molar-refractivity contribution in [2.24, 2.45) is 0 Å². The minimum Gasteiger partial charge on any atom is -0.494 e. The Labute approximate surface area is 106 Å². The van der Waals surface area contributed by atoms with Crippen molar-refractivity contribution in [2.45, 2.75) is 30.4 Å². The first-order chi connectivity index (χ1) is 7.99. The number of rotatable bonds is 5. The zero-order valence-corrected chi connectivity index (χ0v) is 11.5. The molecule has 0 spiro atoms. The lowest BCUT2D eigenvalue weighted by atomic mass is 10.2. The molecule has 1 rings (SSSR count). The molecule has 0 aliphatic heterocycles. The number of benzene rings is 1. The van der Waals surface area contributed by atoms with Crippen LogP contribution in [0.25, 0.3) is 0 Å². The molecule has 17 heavy (non-hydrogen) atoms. The average molecular weight is 254 g/mol. The molecule has 94 valence electrons. The highest BCUT2D eigenvalue weighted by molar-refractivity contribution is 8.01. The van der Waals surface area contributed by atoms with E-state index in [1.165, 1.54) is 18.9 Å². The second-order valence-electron chi connectivity index (χ2n) is 4.01. The molecule has 0 saturated heterocycles. The van der Waals surface area contributed by atoms with E-state index in [1.807, 2.05) is 45.0 Å². The zero-order valence-electron chi connectivity index (χ0n) is 10.6. The van der Waals surface area contributed by atoms with Crippen LogP contribution in [0.4, 0.5) is 0 Å². The lowest BCUT2D eigenvalue weighted by molar-refractivity contribution is -0.142. The van der Waals surface area contributed by atoms with E-state index in [9.17, 15) is 4.79 Å². The Morgan fingerprint density at radius 2 is 1.88 bits per heavy atom. The molecule has 1 aromatic rings. The van der Waals surface area contributed by atoms with Crippen molar-refractivity contribution in [3.63, 3.8) is 0 Å². The van der Waals surface area contributed by atoms with Crippen molar-refractivity contribution < 1.29 is 14.3 Å². The van der Waals surface area contributed by atoms with Gasteiger partial charge in [0.2, 0.25) is 0 Å². The molecule has 0 fully saturated rings. The van der Waals surface area contributed by atoms with Crippen molar-refractivity contribution in [1.29, 1.82) is 0 Å². The summed E-state index contributed by atoms with van der Waals surface area (Å²) in [6.45, 7) is 6.29. The SMILES string of the molecule is CCOc1ccc(SC(C)(C)C(=O)OC)cc1. The fraction of sp³-hybridized carbons (Fsp3) is 0.462. The summed E-state index contributed by atoms with van der Waals surface area (Å²) in [5.41, 5.74) is 0. The Balaban J connectivity index is 2.71. The van der Waals surface area contributed by atoms with Gasteiger partial charge in [0, 0.05) is 4.90 Å². The van der Waals surface area contributed by atoms with Gasteiger partial charge in [-0.3, -0.25) is 4.79 Å². The highest BCUT2D eigenvalue weighted by Gasteiger charge is 2.29. The summed E-state index contributed by atoms with van der Waals surface area (Å²) in [6, 6.07) is 7.69. The van der Waals surface area contributed by atoms with Gasteiger partial charge in [-0.2, -0.15) is 0 Å². The third-order valence-electron chi connectivity index (χ3n) is 2.18. The Bertz CT molecular complexity index is 371. The van der Waals surface area contributed by atoms with E-state index in [1.54, 1.807) is 0 Å². The van der Waals surface area contributed by atoms with Crippen molar-refractivity contribution in [3.8, 4) is 5.75 Å². The second-order valence-corrected chi connectivity index (χ2v) is 5.70. The van der Waals surface area contributed by atoms with Gasteiger partial charge in [-0.05, 0) is 45.0 Å². The summed E-state index contributed by atoms with van der Waals surface area (Å²) in [4.78, 5) is 12.6. The van der Waals surface area contributed by atoms with Crippen LogP contribution in [0, 0.1) is 0 Å². The molecule has 0 aromatic heterocycles. The van der Waals surface area contributed by atoms with Crippen molar-refractivity contribution in [3.05, 3.63) is 24.3 Å². The highest BCUT2D eigenvalue weighted by Crippen LogP contribution is 2.34. The maximum absolute atomic E-state index is 11.5. The molecular weight excluding hydrogens is 236 g/mol. The van der Waals surface area contributed by atoms with Crippen LogP contribution < -0.4 is 4.74 Å². The molecule has 0 aliphatic carbocycles. The standard InChI is InChI=1S/C13H18O3S/c1-5-16-10-6-8-11(9-7-10)17-13(2,3)12(14)15-4/h6-9H,5H2,1-4H3. The van der Waals surface area contributed by atoms with Crippen LogP contribution in [-0.2, 0) is 9.53 Å². The van der Waals surface area contributed by atoms with E-state index in [0.717, 1.165) is 10.6 Å². The predicted molar refractivity (Wildman–Crippen MR) is 69.6 cm³/mol. The Hall–Kier alpha value is -1.16. The molecule has 3 nitrogen and oxygen atoms in total. The summed E-state index contributed by atoms with van der Waals surface area (Å²) in [5, 5.41) is 0. The minimum absolute atomic E-state index is 0.226. The lowest BCUT2D eigenvalue weighted by Gasteiger charge is -2.20. The summed E-state index contributed by atoms with van der Waals surface area (Å²) in [6.07, 6.45) is 0. The van der Waals surface area contributed by atoms with Crippen LogP contribution in [0.15, 0.2) is 29.2 Å². The van der Waals surface area contributed by atoms with Gasteiger partial charge in [0.25, 0.3) is 0 Å². The van der Waals surface area contributed by atoms with Crippen molar-refractivity contribution >= 4 is 17.7 Å². The largest absolute Gasteiger partial charge is 0.494 e. The highest BCUT2D eigenvalue weighted by atomic mass is 32.2. The first kappa shape index (κ1) is 13.9. The van der Waals surface area contributed by atoms with Gasteiger partial charge in [0.05, 0.1) is 13.7 Å². The van der Waals surface area contributed by atoms with E-state index < -0.39 is 4.75 Å². The number of hydrogen-bond donors (Lipinski definition) is 0. The summed E-state index contributed by atoms with van der Waals surface area (Å²) in [7, 11) is 1.41. The molecule has 0 radical (unpaired) electrons. The number of thioether (sulfide) groups is 1. The topological polar surface area (TPSA) is 35.5 Å². The number of carbonyl (C=O) groups excluding carboxylic acids is 1. The first-order valence-electron chi connectivity index (χ1n) is 5.50. The summed E-state index contributed by atoms with van der Waals surface area (Å²) >= 11 is 1.48. The van der Waals surface area contributed by atoms with Gasteiger partial charge < -0.3 is 9.47 Å². The van der Waals surface area contributed by atoms with E-state index in [4.69, 9.17) is 9.47 Å². The smallest absolute Gasteiger partial charge is 0.321 e. The molecule has 0 atom stereocenters. The van der Waals surface area contributed by atoms with Gasteiger partial charge in [-0.15, -0.1) is 11.8 Å². The first-order valence-corrected chi connectivity index (χ1v) is 6.31. The summed E-state index contributed by atoms with van der Waals surface area (Å²) < 4.78 is 9.54. The molecule has 0 heterocycles. The van der Waals surface area contributed by atoms with Crippen LogP contribution in [0.5, 0.6) is 5.75 Å². The minimum atomic E-state index is -0.581. The van der Waals surface area contributed by atoms with Crippen LogP contribution in [0.2, 0.25) is 0 Å².